The van der Waals surface area contributed by atoms with Gasteiger partial charge in [0.2, 0.25) is 0 Å². The van der Waals surface area contributed by atoms with Crippen LogP contribution in [0.5, 0.6) is 0 Å². The summed E-state index contributed by atoms with van der Waals surface area (Å²) in [7, 11) is -6.13. The molecule has 5 nitrogen and oxygen atoms in total. The molecule has 2 rings (SSSR count). The average Bonchev–Trinajstić information content (AvgIpc) is 2.78. The zero-order valence-corrected chi connectivity index (χ0v) is 18.8. The van der Waals surface area contributed by atoms with Crippen molar-refractivity contribution in [2.45, 2.75) is 72.0 Å². The maximum atomic E-state index is 13.1. The molecule has 0 aromatic heterocycles. The van der Waals surface area contributed by atoms with Crippen molar-refractivity contribution in [1.82, 2.24) is 0 Å². The summed E-state index contributed by atoms with van der Waals surface area (Å²) in [6.07, 6.45) is 4.11. The molecule has 26 heavy (non-hydrogen) atoms. The van der Waals surface area contributed by atoms with Gasteiger partial charge in [0.25, 0.3) is 10.1 Å². The lowest BCUT2D eigenvalue weighted by molar-refractivity contribution is -0.128. The van der Waals surface area contributed by atoms with Crippen LogP contribution in [-0.2, 0) is 23.3 Å². The normalized spacial score (nSPS) is 31.7. The molecule has 0 aromatic carbocycles. The summed E-state index contributed by atoms with van der Waals surface area (Å²) in [4.78, 5) is 24.7. The van der Waals surface area contributed by atoms with Crippen LogP contribution in [-0.4, -0.2) is 42.5 Å². The third-order valence-corrected chi connectivity index (χ3v) is 13.3. The van der Waals surface area contributed by atoms with E-state index in [1.165, 1.54) is 0 Å². The Morgan fingerprint density at radius 1 is 1.27 bits per heavy atom. The Morgan fingerprint density at radius 2 is 1.85 bits per heavy atom. The second-order valence-corrected chi connectivity index (χ2v) is 15.1. The first kappa shape index (κ1) is 21.9. The fourth-order valence-electron chi connectivity index (χ4n) is 4.41. The highest BCUT2D eigenvalue weighted by Crippen LogP contribution is 2.65. The largest absolute Gasteiger partial charge is 0.299 e. The van der Waals surface area contributed by atoms with E-state index in [0.29, 0.717) is 19.3 Å². The molecule has 0 heterocycles. The van der Waals surface area contributed by atoms with Gasteiger partial charge >= 0.3 is 0 Å². The van der Waals surface area contributed by atoms with Gasteiger partial charge in [-0.25, -0.2) is 3.63 Å². The quantitative estimate of drug-likeness (QED) is 0.642. The van der Waals surface area contributed by atoms with E-state index in [-0.39, 0.29) is 34.4 Å². The fourth-order valence-corrected chi connectivity index (χ4v) is 9.98. The van der Waals surface area contributed by atoms with Gasteiger partial charge in [0.1, 0.15) is 11.6 Å². The molecule has 0 radical (unpaired) electrons. The number of carbonyl (C=O) groups is 2. The van der Waals surface area contributed by atoms with Crippen LogP contribution in [0.4, 0.5) is 0 Å². The van der Waals surface area contributed by atoms with Gasteiger partial charge in [-0.3, -0.25) is 9.59 Å². The number of rotatable bonds is 7. The molecule has 0 amide bonds. The van der Waals surface area contributed by atoms with E-state index in [0.717, 1.165) is 6.42 Å². The maximum Gasteiger partial charge on any atom is 0.277 e. The molecule has 0 aromatic rings. The Bertz CT molecular complexity index is 704. The number of hydrogen-bond donors (Lipinski definition) is 0. The minimum Gasteiger partial charge on any atom is -0.299 e. The number of carbonyl (C=O) groups excluding carboxylic acids is 2. The highest BCUT2D eigenvalue weighted by molar-refractivity contribution is 8.33. The monoisotopic (exact) mass is 406 g/mol. The lowest BCUT2D eigenvalue weighted by Gasteiger charge is -2.46. The van der Waals surface area contributed by atoms with Gasteiger partial charge in [-0.05, 0) is 30.4 Å². The summed E-state index contributed by atoms with van der Waals surface area (Å²) in [5.41, 5.74) is -1.17. The van der Waals surface area contributed by atoms with E-state index in [2.05, 4.69) is 0 Å². The molecule has 2 aliphatic rings. The smallest absolute Gasteiger partial charge is 0.277 e. The van der Waals surface area contributed by atoms with Crippen LogP contribution in [0.2, 0.25) is 0 Å². The highest BCUT2D eigenvalue weighted by Gasteiger charge is 2.65. The first-order chi connectivity index (χ1) is 11.6. The average molecular weight is 407 g/mol. The fraction of sp³-hybridized carbons (Fsp3) is 0.895. The molecule has 2 aliphatic carbocycles. The van der Waals surface area contributed by atoms with E-state index in [9.17, 15) is 18.0 Å². The lowest BCUT2D eigenvalue weighted by Crippen LogP contribution is -2.43. The van der Waals surface area contributed by atoms with E-state index in [1.807, 2.05) is 34.6 Å². The lowest BCUT2D eigenvalue weighted by atomic mass is 9.70. The number of ketones is 2. The van der Waals surface area contributed by atoms with Gasteiger partial charge in [0.15, 0.2) is 0 Å². The number of hydrogen-bond acceptors (Lipinski definition) is 5. The zero-order chi connectivity index (χ0) is 20.2. The van der Waals surface area contributed by atoms with Crippen molar-refractivity contribution in [3.8, 4) is 0 Å². The summed E-state index contributed by atoms with van der Waals surface area (Å²) in [5, 5.41) is 0. The molecule has 0 aliphatic heterocycles. The Labute approximate surface area is 160 Å². The first-order valence-electron chi connectivity index (χ1n) is 9.34. The molecule has 152 valence electrons. The molecule has 7 heteroatoms. The second kappa shape index (κ2) is 6.59. The van der Waals surface area contributed by atoms with E-state index >= 15 is 0 Å². The molecule has 2 fully saturated rings. The molecule has 3 unspecified atom stereocenters. The molecule has 2 bridgehead atoms. The molecular weight excluding hydrogens is 372 g/mol. The van der Waals surface area contributed by atoms with Crippen LogP contribution in [0.1, 0.15) is 67.2 Å². The van der Waals surface area contributed by atoms with Gasteiger partial charge in [-0.2, -0.15) is 8.42 Å². The third-order valence-electron chi connectivity index (χ3n) is 6.94. The second-order valence-electron chi connectivity index (χ2n) is 9.59. The molecular formula is C19H34O5S2. The standard InChI is InChI=1S/C19H34O5S2/c1-8-15(20)12-25(7,17(2,3)4)24-26(22,23)13-19-10-9-14(11-16(19)21)18(19,5)6/h14H,8-13H2,1-7H3. The summed E-state index contributed by atoms with van der Waals surface area (Å²) in [5.74, 6) is 0.181. The number of Topliss-reactive ketones (excluding diaryl/α,β-unsaturated/α-hetero) is 2. The molecule has 2 saturated carbocycles. The highest BCUT2D eigenvalue weighted by atomic mass is 32.3. The summed E-state index contributed by atoms with van der Waals surface area (Å²) in [6, 6.07) is 0. The topological polar surface area (TPSA) is 77.5 Å². The van der Waals surface area contributed by atoms with Gasteiger partial charge in [-0.1, -0.05) is 41.5 Å². The van der Waals surface area contributed by atoms with Gasteiger partial charge in [0, 0.05) is 17.6 Å². The van der Waals surface area contributed by atoms with Gasteiger partial charge in [-0.15, -0.1) is 10.3 Å². The van der Waals surface area contributed by atoms with Crippen molar-refractivity contribution in [3.63, 3.8) is 0 Å². The van der Waals surface area contributed by atoms with Crippen LogP contribution in [0.15, 0.2) is 0 Å². The molecule has 0 N–H and O–H groups in total. The number of fused-ring (bicyclic) bond motifs is 2. The minimum absolute atomic E-state index is 0.00370. The van der Waals surface area contributed by atoms with Gasteiger partial charge < -0.3 is 0 Å². The van der Waals surface area contributed by atoms with Crippen molar-refractivity contribution >= 4 is 32.0 Å². The molecule has 3 atom stereocenters. The summed E-state index contributed by atoms with van der Waals surface area (Å²) in [6.45, 7) is 11.5. The third kappa shape index (κ3) is 3.51. The van der Waals surface area contributed by atoms with Gasteiger partial charge in [0.05, 0.1) is 16.9 Å². The predicted molar refractivity (Wildman–Crippen MR) is 107 cm³/mol. The maximum absolute atomic E-state index is 13.1. The molecule has 0 spiro atoms. The molecule has 0 saturated heterocycles. The zero-order valence-electron chi connectivity index (χ0n) is 17.2. The van der Waals surface area contributed by atoms with Crippen molar-refractivity contribution in [1.29, 1.82) is 0 Å². The van der Waals surface area contributed by atoms with Crippen molar-refractivity contribution < 1.29 is 21.6 Å². The Balaban J connectivity index is 2.32. The predicted octanol–water partition coefficient (Wildman–Crippen LogP) is 3.86. The minimum atomic E-state index is -3.94. The summed E-state index contributed by atoms with van der Waals surface area (Å²) < 4.78 is 31.5. The first-order valence-corrected chi connectivity index (χ1v) is 13.1. The van der Waals surface area contributed by atoms with E-state index in [4.69, 9.17) is 3.63 Å². The van der Waals surface area contributed by atoms with Crippen molar-refractivity contribution in [2.75, 3.05) is 17.8 Å². The summed E-state index contributed by atoms with van der Waals surface area (Å²) >= 11 is 0. The van der Waals surface area contributed by atoms with Crippen LogP contribution < -0.4 is 0 Å². The van der Waals surface area contributed by atoms with Crippen LogP contribution in [0.25, 0.3) is 0 Å². The Kier molecular flexibility index (Phi) is 5.55. The SMILES string of the molecule is CCC(=O)CS(C)(OS(=O)(=O)CC12CCC(CC1=O)C2(C)C)C(C)(C)C. The van der Waals surface area contributed by atoms with Crippen LogP contribution >= 0.6 is 10.3 Å². The van der Waals surface area contributed by atoms with E-state index in [1.54, 1.807) is 13.2 Å². The van der Waals surface area contributed by atoms with Crippen molar-refractivity contribution in [3.05, 3.63) is 0 Å². The van der Waals surface area contributed by atoms with Crippen molar-refractivity contribution in [2.24, 2.45) is 16.7 Å². The van der Waals surface area contributed by atoms with E-state index < -0.39 is 30.6 Å². The van der Waals surface area contributed by atoms with Crippen LogP contribution in [0, 0.1) is 16.7 Å². The Hall–Kier alpha value is -0.400. The van der Waals surface area contributed by atoms with Crippen LogP contribution in [0.3, 0.4) is 0 Å². The Morgan fingerprint density at radius 3 is 2.23 bits per heavy atom.